The van der Waals surface area contributed by atoms with Gasteiger partial charge in [-0.1, -0.05) is 29.0 Å². The fourth-order valence-corrected chi connectivity index (χ4v) is 3.91. The van der Waals surface area contributed by atoms with E-state index in [0.29, 0.717) is 28.8 Å². The Hall–Kier alpha value is -4.01. The third kappa shape index (κ3) is 3.22. The first-order valence-electron chi connectivity index (χ1n) is 10.2. The van der Waals surface area contributed by atoms with Gasteiger partial charge in [0.15, 0.2) is 12.1 Å². The van der Waals surface area contributed by atoms with Gasteiger partial charge in [0.2, 0.25) is 5.89 Å². The van der Waals surface area contributed by atoms with E-state index in [1.165, 1.54) is 12.1 Å². The minimum Gasteiger partial charge on any atom is -0.497 e. The molecule has 2 aliphatic rings. The number of amides is 2. The Morgan fingerprint density at radius 2 is 1.84 bits per heavy atom. The van der Waals surface area contributed by atoms with Gasteiger partial charge in [-0.3, -0.25) is 14.6 Å². The minimum absolute atomic E-state index is 0.205. The number of methoxy groups -OCH3 is 1. The quantitative estimate of drug-likeness (QED) is 0.574. The standard InChI is InChI=1S/C23H21N5O4/c1-13-7-9-15(10-8-13)21-24-18(14(2)32-21)12-27-20-19(25-26-27)22(29)28(23(20)30)16-5-4-6-17(11-16)31-3/h4-11,19-20H,12H2,1-3H3/t19-,20-/m1/s1. The van der Waals surface area contributed by atoms with Crippen molar-refractivity contribution >= 4 is 17.5 Å². The monoisotopic (exact) mass is 431 g/mol. The van der Waals surface area contributed by atoms with E-state index in [0.717, 1.165) is 16.0 Å². The van der Waals surface area contributed by atoms with Gasteiger partial charge in [-0.25, -0.2) is 9.88 Å². The molecule has 162 valence electrons. The molecule has 0 bridgehead atoms. The number of ether oxygens (including phenoxy) is 1. The van der Waals surface area contributed by atoms with Gasteiger partial charge in [-0.05, 0) is 38.1 Å². The number of aromatic nitrogens is 1. The zero-order valence-corrected chi connectivity index (χ0v) is 17.8. The number of fused-ring (bicyclic) bond motifs is 1. The molecule has 5 rings (SSSR count). The van der Waals surface area contributed by atoms with Crippen molar-refractivity contribution in [1.82, 2.24) is 9.99 Å². The molecule has 32 heavy (non-hydrogen) atoms. The highest BCUT2D eigenvalue weighted by Crippen LogP contribution is 2.34. The second kappa shape index (κ2) is 7.60. The van der Waals surface area contributed by atoms with Crippen molar-refractivity contribution < 1.29 is 18.7 Å². The van der Waals surface area contributed by atoms with E-state index < -0.39 is 18.0 Å². The molecule has 1 fully saturated rings. The third-order valence-electron chi connectivity index (χ3n) is 5.67. The lowest BCUT2D eigenvalue weighted by Gasteiger charge is -2.20. The Bertz CT molecular complexity index is 1230. The van der Waals surface area contributed by atoms with Gasteiger partial charge in [0.25, 0.3) is 11.8 Å². The molecule has 3 heterocycles. The van der Waals surface area contributed by atoms with Crippen molar-refractivity contribution in [3.05, 3.63) is 65.5 Å². The van der Waals surface area contributed by atoms with Crippen molar-refractivity contribution in [2.75, 3.05) is 12.0 Å². The van der Waals surface area contributed by atoms with Crippen molar-refractivity contribution in [3.63, 3.8) is 0 Å². The number of rotatable bonds is 5. The van der Waals surface area contributed by atoms with Crippen molar-refractivity contribution in [3.8, 4) is 17.2 Å². The molecular weight excluding hydrogens is 410 g/mol. The average Bonchev–Trinajstić information content (AvgIpc) is 3.44. The molecule has 2 aromatic carbocycles. The summed E-state index contributed by atoms with van der Waals surface area (Å²) in [6, 6.07) is 13.0. The fourth-order valence-electron chi connectivity index (χ4n) is 3.91. The highest BCUT2D eigenvalue weighted by Gasteiger charge is 2.55. The smallest absolute Gasteiger partial charge is 0.263 e. The lowest BCUT2D eigenvalue weighted by Crippen LogP contribution is -2.39. The third-order valence-corrected chi connectivity index (χ3v) is 5.67. The number of hydrogen-bond acceptors (Lipinski definition) is 8. The lowest BCUT2D eigenvalue weighted by atomic mass is 10.1. The van der Waals surface area contributed by atoms with Crippen LogP contribution in [0.3, 0.4) is 0 Å². The van der Waals surface area contributed by atoms with Crippen LogP contribution in [0, 0.1) is 13.8 Å². The maximum absolute atomic E-state index is 13.2. The number of benzene rings is 2. The number of oxazole rings is 1. The molecule has 0 spiro atoms. The number of nitrogens with zero attached hydrogens (tertiary/aromatic N) is 5. The topological polar surface area (TPSA) is 101 Å². The zero-order chi connectivity index (χ0) is 22.4. The Morgan fingerprint density at radius 1 is 1.06 bits per heavy atom. The van der Waals surface area contributed by atoms with Crippen LogP contribution in [0.1, 0.15) is 17.0 Å². The predicted molar refractivity (Wildman–Crippen MR) is 115 cm³/mol. The van der Waals surface area contributed by atoms with Crippen LogP contribution in [0.15, 0.2) is 63.3 Å². The van der Waals surface area contributed by atoms with Gasteiger partial charge < -0.3 is 9.15 Å². The molecule has 3 aromatic rings. The summed E-state index contributed by atoms with van der Waals surface area (Å²) in [6.45, 7) is 4.03. The summed E-state index contributed by atoms with van der Waals surface area (Å²) in [5.41, 5.74) is 3.09. The van der Waals surface area contributed by atoms with Crippen LogP contribution in [-0.4, -0.2) is 41.0 Å². The Balaban J connectivity index is 1.39. The molecule has 0 N–H and O–H groups in total. The Kier molecular flexibility index (Phi) is 4.73. The second-order valence-electron chi connectivity index (χ2n) is 7.79. The van der Waals surface area contributed by atoms with Crippen LogP contribution < -0.4 is 9.64 Å². The average molecular weight is 431 g/mol. The molecule has 2 atom stereocenters. The summed E-state index contributed by atoms with van der Waals surface area (Å²) in [6.07, 6.45) is 0. The van der Waals surface area contributed by atoms with Crippen LogP contribution in [0.2, 0.25) is 0 Å². The predicted octanol–water partition coefficient (Wildman–Crippen LogP) is 3.46. The van der Waals surface area contributed by atoms with Crippen LogP contribution in [0.4, 0.5) is 5.69 Å². The summed E-state index contributed by atoms with van der Waals surface area (Å²) in [5, 5.41) is 9.68. The molecular formula is C23H21N5O4. The molecule has 9 nitrogen and oxygen atoms in total. The summed E-state index contributed by atoms with van der Waals surface area (Å²) < 4.78 is 11.1. The molecule has 1 saturated heterocycles. The van der Waals surface area contributed by atoms with Crippen molar-refractivity contribution in [2.45, 2.75) is 32.5 Å². The maximum Gasteiger partial charge on any atom is 0.263 e. The van der Waals surface area contributed by atoms with Crippen molar-refractivity contribution in [2.24, 2.45) is 10.3 Å². The van der Waals surface area contributed by atoms with E-state index in [-0.39, 0.29) is 12.5 Å². The minimum atomic E-state index is -0.877. The van der Waals surface area contributed by atoms with Crippen molar-refractivity contribution in [1.29, 1.82) is 0 Å². The van der Waals surface area contributed by atoms with Gasteiger partial charge in [-0.15, -0.1) is 0 Å². The Morgan fingerprint density at radius 3 is 2.59 bits per heavy atom. The molecule has 0 saturated carbocycles. The van der Waals surface area contributed by atoms with E-state index >= 15 is 0 Å². The normalized spacial score (nSPS) is 19.7. The number of carbonyl (C=O) groups excluding carboxylic acids is 2. The Labute approximate surface area is 184 Å². The zero-order valence-electron chi connectivity index (χ0n) is 17.8. The molecule has 2 amide bonds. The molecule has 9 heteroatoms. The first-order chi connectivity index (χ1) is 15.5. The lowest BCUT2D eigenvalue weighted by molar-refractivity contribution is -0.123. The maximum atomic E-state index is 13.2. The van der Waals surface area contributed by atoms with Crippen LogP contribution >= 0.6 is 0 Å². The summed E-state index contributed by atoms with van der Waals surface area (Å²) in [5.74, 6) is 0.896. The highest BCUT2D eigenvalue weighted by molar-refractivity contribution is 6.25. The number of hydrogen-bond donors (Lipinski definition) is 0. The van der Waals surface area contributed by atoms with E-state index in [4.69, 9.17) is 9.15 Å². The van der Waals surface area contributed by atoms with Gasteiger partial charge >= 0.3 is 0 Å². The van der Waals surface area contributed by atoms with E-state index in [1.54, 1.807) is 24.3 Å². The molecule has 1 aromatic heterocycles. The van der Waals surface area contributed by atoms with Crippen LogP contribution in [-0.2, 0) is 16.1 Å². The largest absolute Gasteiger partial charge is 0.497 e. The van der Waals surface area contributed by atoms with Crippen LogP contribution in [0.25, 0.3) is 11.5 Å². The number of aryl methyl sites for hydroxylation is 2. The van der Waals surface area contributed by atoms with E-state index in [9.17, 15) is 9.59 Å². The number of imide groups is 1. The number of anilines is 1. The number of carbonyl (C=O) groups is 2. The summed E-state index contributed by atoms with van der Waals surface area (Å²) >= 11 is 0. The van der Waals surface area contributed by atoms with Gasteiger partial charge in [0.05, 0.1) is 19.3 Å². The van der Waals surface area contributed by atoms with Gasteiger partial charge in [0, 0.05) is 11.6 Å². The van der Waals surface area contributed by atoms with Gasteiger partial charge in [-0.2, -0.15) is 5.11 Å². The van der Waals surface area contributed by atoms with Crippen LogP contribution in [0.5, 0.6) is 5.75 Å². The molecule has 0 unspecified atom stereocenters. The van der Waals surface area contributed by atoms with E-state index in [1.807, 2.05) is 38.1 Å². The highest BCUT2D eigenvalue weighted by atomic mass is 16.5. The second-order valence-corrected chi connectivity index (χ2v) is 7.79. The first kappa shape index (κ1) is 19.9. The summed E-state index contributed by atoms with van der Waals surface area (Å²) in [7, 11) is 1.53. The summed E-state index contributed by atoms with van der Waals surface area (Å²) in [4.78, 5) is 31.9. The van der Waals surface area contributed by atoms with E-state index in [2.05, 4.69) is 15.3 Å². The first-order valence-corrected chi connectivity index (χ1v) is 10.2. The SMILES string of the molecule is COc1cccc(N2C(=O)[C@@H]3N=NN(Cc4nc(-c5ccc(C)cc5)oc4C)[C@H]3C2=O)c1. The molecule has 0 aliphatic carbocycles. The fraction of sp³-hybridized carbons (Fsp3) is 0.261. The molecule has 0 radical (unpaired) electrons. The molecule has 2 aliphatic heterocycles. The van der Waals surface area contributed by atoms with Gasteiger partial charge in [0.1, 0.15) is 17.2 Å².